The molecular formula is C11H8ClNO4. The van der Waals surface area contributed by atoms with Gasteiger partial charge >= 0.3 is 5.97 Å². The van der Waals surface area contributed by atoms with E-state index in [9.17, 15) is 14.4 Å². The van der Waals surface area contributed by atoms with Crippen LogP contribution in [0.4, 0.5) is 0 Å². The van der Waals surface area contributed by atoms with E-state index < -0.39 is 17.8 Å². The maximum atomic E-state index is 11.6. The summed E-state index contributed by atoms with van der Waals surface area (Å²) in [5.41, 5.74) is 0.224. The van der Waals surface area contributed by atoms with E-state index in [-0.39, 0.29) is 18.4 Å². The fourth-order valence-corrected chi connectivity index (χ4v) is 1.51. The van der Waals surface area contributed by atoms with Crippen molar-refractivity contribution in [2.24, 2.45) is 0 Å². The molecule has 1 saturated heterocycles. The summed E-state index contributed by atoms with van der Waals surface area (Å²) in [6, 6.07) is 5.95. The lowest BCUT2D eigenvalue weighted by Crippen LogP contribution is -2.32. The quantitative estimate of drug-likeness (QED) is 0.751. The highest BCUT2D eigenvalue weighted by molar-refractivity contribution is 6.30. The molecule has 1 fully saturated rings. The van der Waals surface area contributed by atoms with Crippen LogP contribution in [-0.2, 0) is 14.4 Å². The molecule has 5 nitrogen and oxygen atoms in total. The van der Waals surface area contributed by atoms with E-state index in [1.165, 1.54) is 24.3 Å². The van der Waals surface area contributed by atoms with Crippen LogP contribution in [0.5, 0.6) is 0 Å². The zero-order valence-electron chi connectivity index (χ0n) is 8.68. The van der Waals surface area contributed by atoms with E-state index >= 15 is 0 Å². The third-order valence-electron chi connectivity index (χ3n) is 2.26. The molecule has 0 spiro atoms. The van der Waals surface area contributed by atoms with Gasteiger partial charge in [-0.3, -0.25) is 9.59 Å². The smallest absolute Gasteiger partial charge is 0.325 e. The van der Waals surface area contributed by atoms with Crippen LogP contribution in [0.3, 0.4) is 0 Å². The van der Waals surface area contributed by atoms with E-state index in [1.807, 2.05) is 0 Å². The fraction of sp³-hybridized carbons (Fsp3) is 0.182. The molecule has 0 saturated carbocycles. The summed E-state index contributed by atoms with van der Waals surface area (Å²) >= 11 is 5.66. The second kappa shape index (κ2) is 4.55. The number of amides is 2. The highest BCUT2D eigenvalue weighted by atomic mass is 35.5. The Morgan fingerprint density at radius 3 is 2.18 bits per heavy atom. The van der Waals surface area contributed by atoms with E-state index in [1.54, 1.807) is 0 Å². The number of hydroxylamine groups is 2. The average molecular weight is 254 g/mol. The Morgan fingerprint density at radius 1 is 1.12 bits per heavy atom. The third kappa shape index (κ3) is 2.45. The lowest BCUT2D eigenvalue weighted by Gasteiger charge is -2.12. The number of nitrogens with zero attached hydrogens (tertiary/aromatic N) is 1. The largest absolute Gasteiger partial charge is 0.363 e. The van der Waals surface area contributed by atoms with Gasteiger partial charge in [0.05, 0.1) is 5.56 Å². The zero-order chi connectivity index (χ0) is 12.4. The van der Waals surface area contributed by atoms with Crippen LogP contribution in [0.1, 0.15) is 23.2 Å². The van der Waals surface area contributed by atoms with E-state index in [4.69, 9.17) is 16.4 Å². The number of halogens is 1. The van der Waals surface area contributed by atoms with Crippen LogP contribution < -0.4 is 0 Å². The molecule has 0 radical (unpaired) electrons. The summed E-state index contributed by atoms with van der Waals surface area (Å²) in [7, 11) is 0. The van der Waals surface area contributed by atoms with Gasteiger partial charge in [-0.15, -0.1) is 5.06 Å². The Balaban J connectivity index is 2.09. The molecule has 17 heavy (non-hydrogen) atoms. The molecule has 2 rings (SSSR count). The van der Waals surface area contributed by atoms with Crippen LogP contribution in [0.25, 0.3) is 0 Å². The first kappa shape index (κ1) is 11.6. The van der Waals surface area contributed by atoms with E-state index in [2.05, 4.69) is 0 Å². The predicted molar refractivity (Wildman–Crippen MR) is 58.0 cm³/mol. The summed E-state index contributed by atoms with van der Waals surface area (Å²) in [5, 5.41) is 0.992. The normalized spacial score (nSPS) is 15.2. The van der Waals surface area contributed by atoms with E-state index in [0.717, 1.165) is 0 Å². The molecule has 1 aromatic carbocycles. The van der Waals surface area contributed by atoms with Crippen LogP contribution in [0, 0.1) is 0 Å². The number of hydrogen-bond donors (Lipinski definition) is 0. The highest BCUT2D eigenvalue weighted by Crippen LogP contribution is 2.15. The van der Waals surface area contributed by atoms with Crippen molar-refractivity contribution in [3.05, 3.63) is 34.9 Å². The number of carbonyl (C=O) groups excluding carboxylic acids is 3. The molecule has 1 aromatic rings. The van der Waals surface area contributed by atoms with Crippen LogP contribution in [0.15, 0.2) is 24.3 Å². The second-order valence-electron chi connectivity index (χ2n) is 3.47. The van der Waals surface area contributed by atoms with Crippen molar-refractivity contribution in [1.29, 1.82) is 0 Å². The molecule has 1 heterocycles. The molecule has 0 aromatic heterocycles. The van der Waals surface area contributed by atoms with Crippen molar-refractivity contribution in [2.75, 3.05) is 0 Å². The molecule has 2 amide bonds. The van der Waals surface area contributed by atoms with Crippen LogP contribution in [-0.4, -0.2) is 22.8 Å². The van der Waals surface area contributed by atoms with Gasteiger partial charge in [0.1, 0.15) is 0 Å². The number of benzene rings is 1. The molecule has 88 valence electrons. The Morgan fingerprint density at radius 2 is 1.65 bits per heavy atom. The first-order valence-corrected chi connectivity index (χ1v) is 5.29. The number of hydrogen-bond acceptors (Lipinski definition) is 4. The zero-order valence-corrected chi connectivity index (χ0v) is 9.44. The minimum absolute atomic E-state index is 0.0761. The monoisotopic (exact) mass is 253 g/mol. The lowest BCUT2D eigenvalue weighted by atomic mass is 10.2. The lowest BCUT2D eigenvalue weighted by molar-refractivity contribution is -0.172. The third-order valence-corrected chi connectivity index (χ3v) is 2.51. The van der Waals surface area contributed by atoms with Gasteiger partial charge in [-0.2, -0.15) is 0 Å². The SMILES string of the molecule is O=C(ON1C(=O)CCC1=O)c1ccc(Cl)cc1. The number of rotatable bonds is 2. The van der Waals surface area contributed by atoms with Crippen LogP contribution >= 0.6 is 11.6 Å². The van der Waals surface area contributed by atoms with Crippen molar-refractivity contribution < 1.29 is 19.2 Å². The summed E-state index contributed by atoms with van der Waals surface area (Å²) in [4.78, 5) is 38.7. The molecule has 0 aliphatic carbocycles. The van der Waals surface area contributed by atoms with Gasteiger partial charge in [0, 0.05) is 17.9 Å². The Labute approximate surface area is 102 Å². The summed E-state index contributed by atoms with van der Waals surface area (Å²) in [5.74, 6) is -1.76. The van der Waals surface area contributed by atoms with Gasteiger partial charge in [-0.1, -0.05) is 11.6 Å². The van der Waals surface area contributed by atoms with Gasteiger partial charge in [-0.05, 0) is 24.3 Å². The summed E-state index contributed by atoms with van der Waals surface area (Å²) < 4.78 is 0. The van der Waals surface area contributed by atoms with Crippen molar-refractivity contribution in [2.45, 2.75) is 12.8 Å². The van der Waals surface area contributed by atoms with Gasteiger partial charge in [-0.25, -0.2) is 4.79 Å². The fourth-order valence-electron chi connectivity index (χ4n) is 1.38. The van der Waals surface area contributed by atoms with Crippen LogP contribution in [0.2, 0.25) is 5.02 Å². The number of carbonyl (C=O) groups is 3. The van der Waals surface area contributed by atoms with Crippen molar-refractivity contribution >= 4 is 29.4 Å². The minimum atomic E-state index is -0.759. The first-order valence-electron chi connectivity index (χ1n) is 4.91. The summed E-state index contributed by atoms with van der Waals surface area (Å²) in [6.45, 7) is 0. The molecule has 1 aliphatic heterocycles. The first-order chi connectivity index (χ1) is 8.08. The Bertz CT molecular complexity index is 467. The maximum Gasteiger partial charge on any atom is 0.363 e. The van der Waals surface area contributed by atoms with Crippen molar-refractivity contribution in [1.82, 2.24) is 5.06 Å². The van der Waals surface area contributed by atoms with Gasteiger partial charge in [0.25, 0.3) is 11.8 Å². The van der Waals surface area contributed by atoms with Gasteiger partial charge in [0.15, 0.2) is 0 Å². The molecule has 0 atom stereocenters. The number of imide groups is 1. The predicted octanol–water partition coefficient (Wildman–Crippen LogP) is 1.56. The van der Waals surface area contributed by atoms with Crippen molar-refractivity contribution in [3.63, 3.8) is 0 Å². The van der Waals surface area contributed by atoms with Crippen molar-refractivity contribution in [3.8, 4) is 0 Å². The Kier molecular flexibility index (Phi) is 3.10. The Hall–Kier alpha value is -1.88. The van der Waals surface area contributed by atoms with Gasteiger partial charge in [0.2, 0.25) is 0 Å². The summed E-state index contributed by atoms with van der Waals surface area (Å²) in [6.07, 6.45) is 0.152. The maximum absolute atomic E-state index is 11.6. The average Bonchev–Trinajstić information content (AvgIpc) is 2.61. The van der Waals surface area contributed by atoms with Gasteiger partial charge < -0.3 is 4.84 Å². The minimum Gasteiger partial charge on any atom is -0.325 e. The molecule has 0 bridgehead atoms. The topological polar surface area (TPSA) is 63.7 Å². The molecule has 0 N–H and O–H groups in total. The standard InChI is InChI=1S/C11H8ClNO4/c12-8-3-1-7(2-4-8)11(16)17-13-9(14)5-6-10(13)15/h1-4H,5-6H2. The molecule has 6 heteroatoms. The highest BCUT2D eigenvalue weighted by Gasteiger charge is 2.33. The molecule has 1 aliphatic rings. The molecule has 0 unspecified atom stereocenters. The molecular weight excluding hydrogens is 246 g/mol. The van der Waals surface area contributed by atoms with E-state index in [0.29, 0.717) is 10.1 Å². The second-order valence-corrected chi connectivity index (χ2v) is 3.90.